The van der Waals surface area contributed by atoms with Crippen molar-refractivity contribution in [2.24, 2.45) is 17.3 Å². The molecule has 0 spiro atoms. The van der Waals surface area contributed by atoms with E-state index in [1.54, 1.807) is 28.6 Å². The fourth-order valence-electron chi connectivity index (χ4n) is 5.85. The SMILES string of the molecule is CCCCN1CC2CN(S(=O)(=O)c3cccc(Cl)c3)CC(C1)C2(CCC)CCC. The van der Waals surface area contributed by atoms with Gasteiger partial charge in [0.2, 0.25) is 10.0 Å². The summed E-state index contributed by atoms with van der Waals surface area (Å²) in [4.78, 5) is 2.93. The lowest BCUT2D eigenvalue weighted by atomic mass is 9.57. The molecule has 0 radical (unpaired) electrons. The number of benzene rings is 1. The Bertz CT molecular complexity index is 759. The fraction of sp³-hybridized carbons (Fsp3) is 0.739. The highest BCUT2D eigenvalue weighted by Gasteiger charge is 2.53. The van der Waals surface area contributed by atoms with E-state index in [0.717, 1.165) is 19.6 Å². The van der Waals surface area contributed by atoms with Gasteiger partial charge in [-0.3, -0.25) is 0 Å². The predicted molar refractivity (Wildman–Crippen MR) is 121 cm³/mol. The number of rotatable bonds is 9. The second kappa shape index (κ2) is 9.67. The van der Waals surface area contributed by atoms with Gasteiger partial charge in [-0.2, -0.15) is 4.31 Å². The van der Waals surface area contributed by atoms with Crippen molar-refractivity contribution in [2.45, 2.75) is 64.2 Å². The van der Waals surface area contributed by atoms with Crippen molar-refractivity contribution in [1.29, 1.82) is 0 Å². The molecule has 6 heteroatoms. The largest absolute Gasteiger partial charge is 0.303 e. The zero-order chi connectivity index (χ0) is 21.1. The van der Waals surface area contributed by atoms with Crippen molar-refractivity contribution in [1.82, 2.24) is 9.21 Å². The van der Waals surface area contributed by atoms with Crippen LogP contribution in [0.4, 0.5) is 0 Å². The number of likely N-dealkylation sites (tertiary alicyclic amines) is 1. The summed E-state index contributed by atoms with van der Waals surface area (Å²) >= 11 is 6.09. The summed E-state index contributed by atoms with van der Waals surface area (Å²) in [5, 5.41) is 0.473. The first-order chi connectivity index (χ1) is 13.9. The molecule has 1 aromatic rings. The Morgan fingerprint density at radius 3 is 2.14 bits per heavy atom. The standard InChI is InChI=1S/C23H37ClN2O2S/c1-4-7-13-25-15-19-17-26(29(27,28)22-10-8-9-21(24)14-22)18-20(16-25)23(19,11-5-2)12-6-3/h8-10,14,19-20H,4-7,11-13,15-18H2,1-3H3. The van der Waals surface area contributed by atoms with Crippen LogP contribution in [0.3, 0.4) is 0 Å². The van der Waals surface area contributed by atoms with E-state index < -0.39 is 10.0 Å². The van der Waals surface area contributed by atoms with Crippen LogP contribution in [0.2, 0.25) is 5.02 Å². The normalized spacial score (nSPS) is 25.2. The first-order valence-electron chi connectivity index (χ1n) is 11.4. The van der Waals surface area contributed by atoms with Gasteiger partial charge in [-0.15, -0.1) is 0 Å². The first kappa shape index (κ1) is 23.1. The number of unbranched alkanes of at least 4 members (excludes halogenated alkanes) is 1. The number of fused-ring (bicyclic) bond motifs is 2. The number of halogens is 1. The highest BCUT2D eigenvalue weighted by atomic mass is 35.5. The molecule has 29 heavy (non-hydrogen) atoms. The topological polar surface area (TPSA) is 40.6 Å². The number of hydrogen-bond acceptors (Lipinski definition) is 3. The number of piperidine rings is 2. The summed E-state index contributed by atoms with van der Waals surface area (Å²) in [7, 11) is -3.51. The summed E-state index contributed by atoms with van der Waals surface area (Å²) < 4.78 is 28.6. The monoisotopic (exact) mass is 440 g/mol. The Hall–Kier alpha value is -0.620. The third-order valence-corrected chi connectivity index (χ3v) is 9.19. The van der Waals surface area contributed by atoms with Crippen molar-refractivity contribution >= 4 is 21.6 Å². The molecule has 2 heterocycles. The molecule has 3 rings (SSSR count). The second-order valence-corrected chi connectivity index (χ2v) is 11.4. The highest BCUT2D eigenvalue weighted by molar-refractivity contribution is 7.89. The third kappa shape index (κ3) is 4.68. The molecule has 0 N–H and O–H groups in total. The van der Waals surface area contributed by atoms with E-state index in [4.69, 9.17) is 11.6 Å². The van der Waals surface area contributed by atoms with Crippen molar-refractivity contribution in [3.05, 3.63) is 29.3 Å². The maximum Gasteiger partial charge on any atom is 0.243 e. The molecule has 164 valence electrons. The lowest BCUT2D eigenvalue weighted by molar-refractivity contribution is -0.0835. The molecular formula is C23H37ClN2O2S. The molecule has 2 bridgehead atoms. The first-order valence-corrected chi connectivity index (χ1v) is 13.2. The van der Waals surface area contributed by atoms with Crippen LogP contribution in [0.25, 0.3) is 0 Å². The van der Waals surface area contributed by atoms with Crippen LogP contribution in [0.1, 0.15) is 59.3 Å². The van der Waals surface area contributed by atoms with Crippen LogP contribution in [0.5, 0.6) is 0 Å². The Balaban J connectivity index is 1.90. The maximum atomic E-state index is 13.4. The summed E-state index contributed by atoms with van der Waals surface area (Å²) in [6, 6.07) is 6.71. The Morgan fingerprint density at radius 1 is 1.00 bits per heavy atom. The molecule has 0 amide bonds. The fourth-order valence-corrected chi connectivity index (χ4v) is 7.68. The molecule has 2 saturated heterocycles. The second-order valence-electron chi connectivity index (χ2n) is 9.02. The Morgan fingerprint density at radius 2 is 1.62 bits per heavy atom. The van der Waals surface area contributed by atoms with E-state index in [1.165, 1.54) is 38.5 Å². The van der Waals surface area contributed by atoms with E-state index in [-0.39, 0.29) is 5.41 Å². The number of sulfonamides is 1. The van der Waals surface area contributed by atoms with Crippen LogP contribution < -0.4 is 0 Å². The van der Waals surface area contributed by atoms with Crippen LogP contribution >= 0.6 is 11.6 Å². The Kier molecular flexibility index (Phi) is 7.69. The molecule has 0 aliphatic carbocycles. The van der Waals surface area contributed by atoms with Crippen LogP contribution in [0.15, 0.2) is 29.2 Å². The lowest BCUT2D eigenvalue weighted by Gasteiger charge is -2.58. The van der Waals surface area contributed by atoms with E-state index in [1.807, 2.05) is 0 Å². The average Bonchev–Trinajstić information content (AvgIpc) is 2.67. The number of hydrogen-bond donors (Lipinski definition) is 0. The van der Waals surface area contributed by atoms with E-state index in [9.17, 15) is 8.42 Å². The summed E-state index contributed by atoms with van der Waals surface area (Å²) in [5.74, 6) is 0.807. The van der Waals surface area contributed by atoms with E-state index in [0.29, 0.717) is 34.8 Å². The quantitative estimate of drug-likeness (QED) is 0.524. The van der Waals surface area contributed by atoms with Crippen LogP contribution in [-0.4, -0.2) is 50.3 Å². The highest BCUT2D eigenvalue weighted by Crippen LogP contribution is 2.52. The van der Waals surface area contributed by atoms with Gasteiger partial charge in [0.15, 0.2) is 0 Å². The van der Waals surface area contributed by atoms with Gasteiger partial charge in [0.1, 0.15) is 0 Å². The maximum absolute atomic E-state index is 13.4. The van der Waals surface area contributed by atoms with Gasteiger partial charge in [0.25, 0.3) is 0 Å². The molecule has 2 atom stereocenters. The molecule has 2 aliphatic heterocycles. The lowest BCUT2D eigenvalue weighted by Crippen LogP contribution is -2.64. The van der Waals surface area contributed by atoms with Crippen molar-refractivity contribution in [3.63, 3.8) is 0 Å². The third-order valence-electron chi connectivity index (χ3n) is 7.12. The summed E-state index contributed by atoms with van der Waals surface area (Å²) in [5.41, 5.74) is 0.284. The van der Waals surface area contributed by atoms with Gasteiger partial charge in [-0.25, -0.2) is 8.42 Å². The summed E-state index contributed by atoms with van der Waals surface area (Å²) in [6.45, 7) is 11.2. The van der Waals surface area contributed by atoms with E-state index in [2.05, 4.69) is 25.7 Å². The van der Waals surface area contributed by atoms with Gasteiger partial charge in [0, 0.05) is 31.2 Å². The number of nitrogens with zero attached hydrogens (tertiary/aromatic N) is 2. The smallest absolute Gasteiger partial charge is 0.243 e. The van der Waals surface area contributed by atoms with Crippen molar-refractivity contribution in [3.8, 4) is 0 Å². The van der Waals surface area contributed by atoms with Crippen LogP contribution in [-0.2, 0) is 10.0 Å². The van der Waals surface area contributed by atoms with Crippen LogP contribution in [0, 0.1) is 17.3 Å². The molecule has 2 aliphatic rings. The average molecular weight is 441 g/mol. The van der Waals surface area contributed by atoms with E-state index >= 15 is 0 Å². The molecule has 0 saturated carbocycles. The molecule has 2 fully saturated rings. The zero-order valence-electron chi connectivity index (χ0n) is 18.2. The molecular weight excluding hydrogens is 404 g/mol. The predicted octanol–water partition coefficient (Wildman–Crippen LogP) is 5.28. The van der Waals surface area contributed by atoms with Crippen molar-refractivity contribution < 1.29 is 8.42 Å². The minimum atomic E-state index is -3.51. The van der Waals surface area contributed by atoms with Gasteiger partial charge >= 0.3 is 0 Å². The van der Waals surface area contributed by atoms with Gasteiger partial charge < -0.3 is 4.90 Å². The minimum Gasteiger partial charge on any atom is -0.303 e. The summed E-state index contributed by atoms with van der Waals surface area (Å²) in [6.07, 6.45) is 7.19. The molecule has 0 aromatic heterocycles. The molecule has 4 nitrogen and oxygen atoms in total. The Labute approximate surface area is 182 Å². The van der Waals surface area contributed by atoms with Gasteiger partial charge in [0.05, 0.1) is 4.90 Å². The minimum absolute atomic E-state index is 0.284. The zero-order valence-corrected chi connectivity index (χ0v) is 19.8. The van der Waals surface area contributed by atoms with Gasteiger partial charge in [-0.05, 0) is 61.3 Å². The molecule has 2 unspecified atom stereocenters. The van der Waals surface area contributed by atoms with Crippen molar-refractivity contribution in [2.75, 3.05) is 32.7 Å². The van der Waals surface area contributed by atoms with Gasteiger partial charge in [-0.1, -0.05) is 57.7 Å². The molecule has 1 aromatic carbocycles.